The molecule has 0 aliphatic carbocycles. The Morgan fingerprint density at radius 1 is 1.00 bits per heavy atom. The van der Waals surface area contributed by atoms with E-state index < -0.39 is 17.6 Å². The third-order valence-corrected chi connectivity index (χ3v) is 7.76. The Hall–Kier alpha value is -4.14. The number of carbonyl (C=O) groups excluding carboxylic acids is 2. The SMILES string of the molecule is O=C(COc1ccc(Cl)cc1)NCc1nnc(SCC(=O)Nc2nc3ccccc3s2)n1-c1cccc(C(F)(F)F)c1. The van der Waals surface area contributed by atoms with Crippen molar-refractivity contribution in [2.45, 2.75) is 17.9 Å². The molecule has 0 unspecified atom stereocenters. The first-order valence-electron chi connectivity index (χ1n) is 12.2. The molecule has 3 aromatic carbocycles. The summed E-state index contributed by atoms with van der Waals surface area (Å²) in [6.07, 6.45) is -4.58. The van der Waals surface area contributed by atoms with Crippen molar-refractivity contribution in [1.82, 2.24) is 25.1 Å². The topological polar surface area (TPSA) is 111 Å². The number of carbonyl (C=O) groups is 2. The number of halogens is 4. The van der Waals surface area contributed by atoms with Gasteiger partial charge in [-0.25, -0.2) is 4.98 Å². The van der Waals surface area contributed by atoms with Crippen molar-refractivity contribution in [3.63, 3.8) is 0 Å². The predicted molar refractivity (Wildman–Crippen MR) is 154 cm³/mol. The number of para-hydroxylation sites is 1. The van der Waals surface area contributed by atoms with Crippen LogP contribution in [0.15, 0.2) is 78.0 Å². The highest BCUT2D eigenvalue weighted by Crippen LogP contribution is 2.32. The number of thiazole rings is 1. The van der Waals surface area contributed by atoms with Crippen LogP contribution in [0.5, 0.6) is 5.75 Å². The average molecular weight is 633 g/mol. The van der Waals surface area contributed by atoms with E-state index in [4.69, 9.17) is 16.3 Å². The van der Waals surface area contributed by atoms with Gasteiger partial charge in [0.1, 0.15) is 5.75 Å². The zero-order valence-corrected chi connectivity index (χ0v) is 23.8. The number of amides is 2. The van der Waals surface area contributed by atoms with Crippen LogP contribution in [0, 0.1) is 0 Å². The van der Waals surface area contributed by atoms with Gasteiger partial charge in [0, 0.05) is 5.02 Å². The maximum Gasteiger partial charge on any atom is 0.416 e. The fourth-order valence-corrected chi connectivity index (χ4v) is 5.49. The molecule has 2 heterocycles. The number of hydrogen-bond donors (Lipinski definition) is 2. The van der Waals surface area contributed by atoms with Gasteiger partial charge in [-0.15, -0.1) is 10.2 Å². The van der Waals surface area contributed by atoms with Gasteiger partial charge in [0.15, 0.2) is 22.7 Å². The number of aromatic nitrogens is 4. The van der Waals surface area contributed by atoms with Gasteiger partial charge in [0.25, 0.3) is 5.91 Å². The molecule has 0 saturated carbocycles. The molecule has 216 valence electrons. The largest absolute Gasteiger partial charge is 0.484 e. The van der Waals surface area contributed by atoms with Gasteiger partial charge in [-0.1, -0.05) is 52.9 Å². The molecule has 9 nitrogen and oxygen atoms in total. The van der Waals surface area contributed by atoms with Gasteiger partial charge in [-0.05, 0) is 54.6 Å². The smallest absolute Gasteiger partial charge is 0.416 e. The molecule has 0 atom stereocenters. The average Bonchev–Trinajstić information content (AvgIpc) is 3.57. The third-order valence-electron chi connectivity index (χ3n) is 5.63. The number of fused-ring (bicyclic) bond motifs is 1. The normalized spacial score (nSPS) is 11.4. The summed E-state index contributed by atoms with van der Waals surface area (Å²) < 4.78 is 48.1. The summed E-state index contributed by atoms with van der Waals surface area (Å²) in [6, 6.07) is 18.5. The third kappa shape index (κ3) is 7.38. The lowest BCUT2D eigenvalue weighted by atomic mass is 10.2. The monoisotopic (exact) mass is 632 g/mol. The lowest BCUT2D eigenvalue weighted by molar-refractivity contribution is -0.137. The Kier molecular flexibility index (Phi) is 8.94. The minimum absolute atomic E-state index is 0.116. The quantitative estimate of drug-likeness (QED) is 0.182. The van der Waals surface area contributed by atoms with E-state index >= 15 is 0 Å². The molecule has 0 radical (unpaired) electrons. The molecule has 42 heavy (non-hydrogen) atoms. The minimum atomic E-state index is -4.58. The molecule has 0 aliphatic heterocycles. The number of nitrogens with zero attached hydrogens (tertiary/aromatic N) is 4. The Bertz CT molecular complexity index is 1690. The minimum Gasteiger partial charge on any atom is -0.484 e. The number of thioether (sulfide) groups is 1. The van der Waals surface area contributed by atoms with Crippen LogP contribution in [0.25, 0.3) is 15.9 Å². The van der Waals surface area contributed by atoms with Crippen LogP contribution >= 0.6 is 34.7 Å². The van der Waals surface area contributed by atoms with Gasteiger partial charge in [-0.2, -0.15) is 13.2 Å². The highest BCUT2D eigenvalue weighted by Gasteiger charge is 2.31. The van der Waals surface area contributed by atoms with Gasteiger partial charge >= 0.3 is 6.18 Å². The van der Waals surface area contributed by atoms with E-state index in [1.54, 1.807) is 24.3 Å². The molecule has 5 rings (SSSR count). The van der Waals surface area contributed by atoms with Crippen LogP contribution in [0.1, 0.15) is 11.4 Å². The van der Waals surface area contributed by atoms with E-state index in [0.717, 1.165) is 34.1 Å². The van der Waals surface area contributed by atoms with E-state index in [1.807, 2.05) is 24.3 Å². The fraction of sp³-hybridized carbons (Fsp3) is 0.148. The molecule has 0 bridgehead atoms. The summed E-state index contributed by atoms with van der Waals surface area (Å²) in [6.45, 7) is -0.475. The molecule has 15 heteroatoms. The molecule has 0 aliphatic rings. The van der Waals surface area contributed by atoms with Gasteiger partial charge in [-0.3, -0.25) is 14.2 Å². The van der Waals surface area contributed by atoms with Crippen molar-refractivity contribution >= 4 is 61.9 Å². The molecule has 5 aromatic rings. The van der Waals surface area contributed by atoms with Gasteiger partial charge in [0.2, 0.25) is 5.91 Å². The van der Waals surface area contributed by atoms with Gasteiger partial charge in [0.05, 0.1) is 33.8 Å². The molecule has 2 N–H and O–H groups in total. The number of alkyl halides is 3. The van der Waals surface area contributed by atoms with Crippen LogP contribution in [-0.2, 0) is 22.3 Å². The first-order valence-corrected chi connectivity index (χ1v) is 14.4. The van der Waals surface area contributed by atoms with Crippen molar-refractivity contribution in [2.75, 3.05) is 17.7 Å². The van der Waals surface area contributed by atoms with Crippen LogP contribution in [0.2, 0.25) is 5.02 Å². The van der Waals surface area contributed by atoms with E-state index in [1.165, 1.54) is 28.0 Å². The summed E-state index contributed by atoms with van der Waals surface area (Å²) in [5, 5.41) is 14.6. The number of rotatable bonds is 10. The summed E-state index contributed by atoms with van der Waals surface area (Å²) in [4.78, 5) is 29.5. The Labute approximate surface area is 250 Å². The first kappa shape index (κ1) is 29.4. The maximum absolute atomic E-state index is 13.5. The Morgan fingerprint density at radius 2 is 1.79 bits per heavy atom. The van der Waals surface area contributed by atoms with E-state index in [-0.39, 0.29) is 41.5 Å². The van der Waals surface area contributed by atoms with Gasteiger partial charge < -0.3 is 15.4 Å². The van der Waals surface area contributed by atoms with Crippen molar-refractivity contribution in [3.05, 3.63) is 89.2 Å². The van der Waals surface area contributed by atoms with Crippen LogP contribution in [0.4, 0.5) is 18.3 Å². The predicted octanol–water partition coefficient (Wildman–Crippen LogP) is 5.98. The van der Waals surface area contributed by atoms with Crippen molar-refractivity contribution in [3.8, 4) is 11.4 Å². The zero-order chi connectivity index (χ0) is 29.7. The summed E-state index contributed by atoms with van der Waals surface area (Å²) >= 11 is 8.14. The van der Waals surface area contributed by atoms with Crippen LogP contribution in [0.3, 0.4) is 0 Å². The van der Waals surface area contributed by atoms with Crippen LogP contribution in [-0.4, -0.2) is 43.9 Å². The number of nitrogens with one attached hydrogen (secondary N) is 2. The van der Waals surface area contributed by atoms with E-state index in [9.17, 15) is 22.8 Å². The first-order chi connectivity index (χ1) is 20.2. The second-order valence-electron chi connectivity index (χ2n) is 8.63. The lowest BCUT2D eigenvalue weighted by Crippen LogP contribution is -2.29. The molecular weight excluding hydrogens is 613 g/mol. The zero-order valence-electron chi connectivity index (χ0n) is 21.4. The standard InChI is InChI=1S/C27H20ClF3N6O3S2/c28-17-8-10-19(11-9-17)40-14-23(38)32-13-22-35-36-26(37(22)18-5-3-4-16(12-18)27(29,30)31)41-15-24(39)34-25-33-20-6-1-2-7-21(20)42-25/h1-12H,13-15H2,(H,32,38)(H,33,34,39). The number of benzene rings is 3. The molecule has 0 fully saturated rings. The highest BCUT2D eigenvalue weighted by molar-refractivity contribution is 7.99. The summed E-state index contributed by atoms with van der Waals surface area (Å²) in [7, 11) is 0. The number of anilines is 1. The summed E-state index contributed by atoms with van der Waals surface area (Å²) in [5.74, 6) is -0.401. The van der Waals surface area contributed by atoms with Crippen LogP contribution < -0.4 is 15.4 Å². The lowest BCUT2D eigenvalue weighted by Gasteiger charge is -2.13. The van der Waals surface area contributed by atoms with Crippen molar-refractivity contribution in [2.24, 2.45) is 0 Å². The maximum atomic E-state index is 13.5. The Balaban J connectivity index is 1.30. The number of hydrogen-bond acceptors (Lipinski definition) is 8. The van der Waals surface area contributed by atoms with E-state index in [2.05, 4.69) is 25.8 Å². The molecule has 0 spiro atoms. The summed E-state index contributed by atoms with van der Waals surface area (Å²) in [5.41, 5.74) is -0.00449. The molecule has 0 saturated heterocycles. The Morgan fingerprint density at radius 3 is 2.55 bits per heavy atom. The fourth-order valence-electron chi connectivity index (χ4n) is 3.71. The molecule has 2 amide bonds. The second-order valence-corrected chi connectivity index (χ2v) is 11.0. The second kappa shape index (κ2) is 12.8. The number of ether oxygens (including phenoxy) is 1. The van der Waals surface area contributed by atoms with E-state index in [0.29, 0.717) is 15.9 Å². The van der Waals surface area contributed by atoms with Crippen molar-refractivity contribution in [1.29, 1.82) is 0 Å². The molecular formula is C27H20ClF3N6O3S2. The molecule has 2 aromatic heterocycles. The van der Waals surface area contributed by atoms with Crippen molar-refractivity contribution < 1.29 is 27.5 Å². The highest BCUT2D eigenvalue weighted by atomic mass is 35.5.